The van der Waals surface area contributed by atoms with Gasteiger partial charge in [0.2, 0.25) is 5.88 Å². The van der Waals surface area contributed by atoms with Crippen molar-refractivity contribution >= 4 is 5.69 Å². The first-order chi connectivity index (χ1) is 6.68. The minimum absolute atomic E-state index is 0.210. The highest BCUT2D eigenvalue weighted by molar-refractivity contribution is 5.37. The van der Waals surface area contributed by atoms with Crippen molar-refractivity contribution in [2.75, 3.05) is 5.73 Å². The van der Waals surface area contributed by atoms with E-state index < -0.39 is 0 Å². The van der Waals surface area contributed by atoms with Crippen LogP contribution in [0.5, 0.6) is 0 Å². The Kier molecular flexibility index (Phi) is 1.89. The molecule has 0 aromatic carbocycles. The van der Waals surface area contributed by atoms with E-state index in [2.05, 4.69) is 0 Å². The van der Waals surface area contributed by atoms with Gasteiger partial charge >= 0.3 is 0 Å². The first-order valence-electron chi connectivity index (χ1n) is 4.21. The highest BCUT2D eigenvalue weighted by Gasteiger charge is 2.04. The van der Waals surface area contributed by atoms with Gasteiger partial charge in [0.25, 0.3) is 5.56 Å². The van der Waals surface area contributed by atoms with Gasteiger partial charge in [-0.25, -0.2) is 0 Å². The van der Waals surface area contributed by atoms with Crippen LogP contribution in [-0.2, 0) is 0 Å². The molecule has 2 rings (SSSR count). The number of nitrogens with zero attached hydrogens (tertiary/aromatic N) is 1. The summed E-state index contributed by atoms with van der Waals surface area (Å²) in [6.07, 6.45) is 3.21. The van der Waals surface area contributed by atoms with Crippen LogP contribution in [0.3, 0.4) is 0 Å². The molecule has 72 valence electrons. The van der Waals surface area contributed by atoms with E-state index in [4.69, 9.17) is 10.2 Å². The van der Waals surface area contributed by atoms with E-state index in [-0.39, 0.29) is 11.2 Å². The van der Waals surface area contributed by atoms with E-state index >= 15 is 0 Å². The standard InChI is InChI=1S/C10H10N2O2/c1-7-5-9(14-6-7)12-4-2-3-8(11)10(12)13/h2-6H,11H2,1H3. The van der Waals surface area contributed by atoms with Crippen molar-refractivity contribution in [2.45, 2.75) is 6.92 Å². The molecule has 0 unspecified atom stereocenters. The van der Waals surface area contributed by atoms with Gasteiger partial charge in [0.15, 0.2) is 0 Å². The first kappa shape index (κ1) is 8.62. The normalized spacial score (nSPS) is 10.4. The first-order valence-corrected chi connectivity index (χ1v) is 4.21. The van der Waals surface area contributed by atoms with Crippen molar-refractivity contribution in [1.82, 2.24) is 4.57 Å². The number of nitrogens with two attached hydrogens (primary N) is 1. The lowest BCUT2D eigenvalue weighted by atomic mass is 10.4. The lowest BCUT2D eigenvalue weighted by Crippen LogP contribution is -2.19. The van der Waals surface area contributed by atoms with Crippen LogP contribution >= 0.6 is 0 Å². The SMILES string of the molecule is Cc1coc(-n2cccc(N)c2=O)c1. The predicted octanol–water partition coefficient (Wildman–Crippen LogP) is 1.32. The Morgan fingerprint density at radius 1 is 1.50 bits per heavy atom. The molecule has 0 fully saturated rings. The largest absolute Gasteiger partial charge is 0.448 e. The minimum atomic E-state index is -0.262. The van der Waals surface area contributed by atoms with Gasteiger partial charge in [0.05, 0.1) is 12.0 Å². The highest BCUT2D eigenvalue weighted by atomic mass is 16.3. The Labute approximate surface area is 80.6 Å². The third kappa shape index (κ3) is 1.31. The van der Waals surface area contributed by atoms with Crippen LogP contribution in [-0.4, -0.2) is 4.57 Å². The van der Waals surface area contributed by atoms with E-state index in [9.17, 15) is 4.79 Å². The van der Waals surface area contributed by atoms with Crippen LogP contribution in [0, 0.1) is 6.92 Å². The maximum Gasteiger partial charge on any atom is 0.280 e. The Morgan fingerprint density at radius 2 is 2.29 bits per heavy atom. The fourth-order valence-electron chi connectivity index (χ4n) is 1.23. The lowest BCUT2D eigenvalue weighted by Gasteiger charge is -2.00. The average Bonchev–Trinajstić information content (AvgIpc) is 2.57. The third-order valence-electron chi connectivity index (χ3n) is 1.93. The molecular formula is C10H10N2O2. The molecular weight excluding hydrogens is 180 g/mol. The Hall–Kier alpha value is -1.97. The molecule has 0 saturated carbocycles. The summed E-state index contributed by atoms with van der Waals surface area (Å²) in [6.45, 7) is 1.89. The van der Waals surface area contributed by atoms with Crippen LogP contribution in [0.1, 0.15) is 5.56 Å². The second-order valence-electron chi connectivity index (χ2n) is 3.10. The van der Waals surface area contributed by atoms with Gasteiger partial charge in [0.1, 0.15) is 0 Å². The third-order valence-corrected chi connectivity index (χ3v) is 1.93. The summed E-state index contributed by atoms with van der Waals surface area (Å²) < 4.78 is 6.57. The van der Waals surface area contributed by atoms with Gasteiger partial charge in [-0.3, -0.25) is 9.36 Å². The molecule has 0 radical (unpaired) electrons. The van der Waals surface area contributed by atoms with Gasteiger partial charge in [-0.2, -0.15) is 0 Å². The van der Waals surface area contributed by atoms with Crippen molar-refractivity contribution in [3.8, 4) is 5.88 Å². The number of anilines is 1. The van der Waals surface area contributed by atoms with Gasteiger partial charge in [0, 0.05) is 12.3 Å². The molecule has 14 heavy (non-hydrogen) atoms. The molecule has 0 aliphatic rings. The Balaban J connectivity index is 2.63. The summed E-state index contributed by atoms with van der Waals surface area (Å²) in [5.41, 5.74) is 6.40. The number of aryl methyl sites for hydroxylation is 1. The maximum atomic E-state index is 11.6. The summed E-state index contributed by atoms with van der Waals surface area (Å²) >= 11 is 0. The fraction of sp³-hybridized carbons (Fsp3) is 0.100. The molecule has 2 N–H and O–H groups in total. The van der Waals surface area contributed by atoms with E-state index in [1.807, 2.05) is 6.92 Å². The molecule has 0 spiro atoms. The van der Waals surface area contributed by atoms with Crippen molar-refractivity contribution < 1.29 is 4.42 Å². The number of rotatable bonds is 1. The van der Waals surface area contributed by atoms with Gasteiger partial charge < -0.3 is 10.2 Å². The number of hydrogen-bond donors (Lipinski definition) is 1. The second-order valence-corrected chi connectivity index (χ2v) is 3.10. The monoisotopic (exact) mass is 190 g/mol. The molecule has 0 amide bonds. The zero-order chi connectivity index (χ0) is 10.1. The summed E-state index contributed by atoms with van der Waals surface area (Å²) in [7, 11) is 0. The smallest absolute Gasteiger partial charge is 0.280 e. The number of hydrogen-bond acceptors (Lipinski definition) is 3. The maximum absolute atomic E-state index is 11.6. The fourth-order valence-corrected chi connectivity index (χ4v) is 1.23. The number of nitrogen functional groups attached to an aromatic ring is 1. The molecule has 4 heteroatoms. The van der Waals surface area contributed by atoms with Gasteiger partial charge in [-0.1, -0.05) is 0 Å². The minimum Gasteiger partial charge on any atom is -0.448 e. The number of furan rings is 1. The average molecular weight is 190 g/mol. The zero-order valence-electron chi connectivity index (χ0n) is 7.73. The zero-order valence-corrected chi connectivity index (χ0v) is 7.73. The van der Waals surface area contributed by atoms with E-state index in [1.54, 1.807) is 30.7 Å². The quantitative estimate of drug-likeness (QED) is 0.737. The molecule has 0 aliphatic carbocycles. The van der Waals surface area contributed by atoms with Crippen LogP contribution < -0.4 is 11.3 Å². The molecule has 0 aliphatic heterocycles. The predicted molar refractivity (Wildman–Crippen MR) is 53.5 cm³/mol. The van der Waals surface area contributed by atoms with E-state index in [0.29, 0.717) is 5.88 Å². The molecule has 0 bridgehead atoms. The summed E-state index contributed by atoms with van der Waals surface area (Å²) in [6, 6.07) is 5.05. The molecule has 0 saturated heterocycles. The summed E-state index contributed by atoms with van der Waals surface area (Å²) in [4.78, 5) is 11.6. The number of pyridine rings is 1. The topological polar surface area (TPSA) is 61.2 Å². The molecule has 4 nitrogen and oxygen atoms in total. The van der Waals surface area contributed by atoms with E-state index in [0.717, 1.165) is 5.56 Å². The summed E-state index contributed by atoms with van der Waals surface area (Å²) in [5.74, 6) is 0.486. The molecule has 2 heterocycles. The Morgan fingerprint density at radius 3 is 2.93 bits per heavy atom. The Bertz CT molecular complexity index is 511. The van der Waals surface area contributed by atoms with Crippen LogP contribution in [0.2, 0.25) is 0 Å². The van der Waals surface area contributed by atoms with Crippen LogP contribution in [0.4, 0.5) is 5.69 Å². The second kappa shape index (κ2) is 3.06. The van der Waals surface area contributed by atoms with Crippen molar-refractivity contribution in [2.24, 2.45) is 0 Å². The van der Waals surface area contributed by atoms with Crippen molar-refractivity contribution in [3.63, 3.8) is 0 Å². The highest BCUT2D eigenvalue weighted by Crippen LogP contribution is 2.10. The molecule has 0 atom stereocenters. The number of aromatic nitrogens is 1. The van der Waals surface area contributed by atoms with Crippen LogP contribution in [0.15, 0.2) is 39.9 Å². The van der Waals surface area contributed by atoms with E-state index in [1.165, 1.54) is 4.57 Å². The lowest BCUT2D eigenvalue weighted by molar-refractivity contribution is 0.533. The van der Waals surface area contributed by atoms with Crippen molar-refractivity contribution in [3.05, 3.63) is 46.6 Å². The van der Waals surface area contributed by atoms with Gasteiger partial charge in [-0.05, 0) is 24.6 Å². The van der Waals surface area contributed by atoms with Crippen molar-refractivity contribution in [1.29, 1.82) is 0 Å². The summed E-state index contributed by atoms with van der Waals surface area (Å²) in [5, 5.41) is 0. The van der Waals surface area contributed by atoms with Crippen LogP contribution in [0.25, 0.3) is 5.88 Å². The molecule has 2 aromatic heterocycles. The van der Waals surface area contributed by atoms with Gasteiger partial charge in [-0.15, -0.1) is 0 Å². The molecule has 2 aromatic rings.